The number of ketones is 1. The van der Waals surface area contributed by atoms with Gasteiger partial charge in [0.1, 0.15) is 5.75 Å². The summed E-state index contributed by atoms with van der Waals surface area (Å²) in [6.45, 7) is 0. The Bertz CT molecular complexity index is 614. The molecule has 19 heavy (non-hydrogen) atoms. The van der Waals surface area contributed by atoms with Gasteiger partial charge in [0.05, 0.1) is 5.56 Å². The zero-order chi connectivity index (χ0) is 13.8. The van der Waals surface area contributed by atoms with Gasteiger partial charge in [-0.05, 0) is 35.9 Å². The lowest BCUT2D eigenvalue weighted by Gasteiger charge is -2.05. The van der Waals surface area contributed by atoms with Gasteiger partial charge in [0.25, 0.3) is 0 Å². The van der Waals surface area contributed by atoms with Crippen LogP contribution in [-0.4, -0.2) is 22.0 Å². The smallest absolute Gasteiger partial charge is 0.335 e. The molecule has 0 bridgehead atoms. The van der Waals surface area contributed by atoms with Gasteiger partial charge >= 0.3 is 5.97 Å². The Balaban J connectivity index is 2.24. The SMILES string of the molecule is O=C(Cc1ccccc1C(=O)O)c1ccc(O)cc1. The van der Waals surface area contributed by atoms with Gasteiger partial charge in [0, 0.05) is 12.0 Å². The quantitative estimate of drug-likeness (QED) is 0.824. The van der Waals surface area contributed by atoms with Crippen LogP contribution in [0.25, 0.3) is 0 Å². The van der Waals surface area contributed by atoms with Crippen LogP contribution in [0.2, 0.25) is 0 Å². The number of aromatic carboxylic acids is 1. The van der Waals surface area contributed by atoms with Crippen molar-refractivity contribution in [2.45, 2.75) is 6.42 Å². The molecule has 0 heterocycles. The topological polar surface area (TPSA) is 74.6 Å². The molecule has 0 saturated heterocycles. The van der Waals surface area contributed by atoms with Crippen LogP contribution in [0.1, 0.15) is 26.3 Å². The van der Waals surface area contributed by atoms with Crippen molar-refractivity contribution in [2.24, 2.45) is 0 Å². The van der Waals surface area contributed by atoms with Gasteiger partial charge in [0.15, 0.2) is 5.78 Å². The predicted octanol–water partition coefficient (Wildman–Crippen LogP) is 2.52. The van der Waals surface area contributed by atoms with Gasteiger partial charge in [-0.25, -0.2) is 4.79 Å². The molecule has 4 nitrogen and oxygen atoms in total. The van der Waals surface area contributed by atoms with Crippen molar-refractivity contribution in [3.8, 4) is 5.75 Å². The minimum atomic E-state index is -1.05. The number of aromatic hydroxyl groups is 1. The third-order valence-corrected chi connectivity index (χ3v) is 2.79. The highest BCUT2D eigenvalue weighted by atomic mass is 16.4. The Labute approximate surface area is 109 Å². The van der Waals surface area contributed by atoms with E-state index in [9.17, 15) is 9.59 Å². The number of carboxylic acids is 1. The minimum absolute atomic E-state index is 0.0211. The standard InChI is InChI=1S/C15H12O4/c16-12-7-5-10(6-8-12)14(17)9-11-3-1-2-4-13(11)15(18)19/h1-8,16H,9H2,(H,18,19). The number of carbonyl (C=O) groups excluding carboxylic acids is 1. The summed E-state index contributed by atoms with van der Waals surface area (Å²) >= 11 is 0. The van der Waals surface area contributed by atoms with Crippen molar-refractivity contribution in [2.75, 3.05) is 0 Å². The molecule has 4 heteroatoms. The van der Waals surface area contributed by atoms with E-state index in [0.29, 0.717) is 11.1 Å². The highest BCUT2D eigenvalue weighted by molar-refractivity contribution is 5.99. The Morgan fingerprint density at radius 3 is 2.21 bits per heavy atom. The largest absolute Gasteiger partial charge is 0.508 e. The van der Waals surface area contributed by atoms with Gasteiger partial charge in [-0.3, -0.25) is 4.79 Å². The maximum atomic E-state index is 12.0. The summed E-state index contributed by atoms with van der Waals surface area (Å²) in [4.78, 5) is 23.1. The number of carbonyl (C=O) groups is 2. The van der Waals surface area contributed by atoms with E-state index in [1.54, 1.807) is 18.2 Å². The molecule has 0 aliphatic carbocycles. The highest BCUT2D eigenvalue weighted by Gasteiger charge is 2.13. The first-order valence-electron chi connectivity index (χ1n) is 5.71. The molecule has 2 aromatic rings. The number of hydrogen-bond acceptors (Lipinski definition) is 3. The van der Waals surface area contributed by atoms with E-state index in [1.807, 2.05) is 0 Å². The Morgan fingerprint density at radius 1 is 0.947 bits per heavy atom. The van der Waals surface area contributed by atoms with E-state index in [1.165, 1.54) is 30.3 Å². The van der Waals surface area contributed by atoms with Crippen molar-refractivity contribution < 1.29 is 19.8 Å². The van der Waals surface area contributed by atoms with Gasteiger partial charge in [-0.2, -0.15) is 0 Å². The molecular formula is C15H12O4. The molecule has 0 atom stereocenters. The van der Waals surface area contributed by atoms with Crippen molar-refractivity contribution in [3.05, 3.63) is 65.2 Å². The molecule has 0 amide bonds. The molecule has 2 rings (SSSR count). The molecule has 0 aliphatic rings. The fourth-order valence-corrected chi connectivity index (χ4v) is 1.81. The second kappa shape index (κ2) is 5.35. The molecular weight excluding hydrogens is 244 g/mol. The van der Waals surface area contributed by atoms with Crippen LogP contribution in [0.4, 0.5) is 0 Å². The molecule has 0 aromatic heterocycles. The number of rotatable bonds is 4. The molecule has 96 valence electrons. The molecule has 0 fully saturated rings. The summed E-state index contributed by atoms with van der Waals surface area (Å²) in [6.07, 6.45) is 0.0211. The number of phenols is 1. The maximum Gasteiger partial charge on any atom is 0.335 e. The fourth-order valence-electron chi connectivity index (χ4n) is 1.81. The van der Waals surface area contributed by atoms with Gasteiger partial charge in [0.2, 0.25) is 0 Å². The normalized spacial score (nSPS) is 10.1. The van der Waals surface area contributed by atoms with Crippen LogP contribution < -0.4 is 0 Å². The summed E-state index contributed by atoms with van der Waals surface area (Å²) in [5, 5.41) is 18.2. The maximum absolute atomic E-state index is 12.0. The minimum Gasteiger partial charge on any atom is -0.508 e. The first-order valence-corrected chi connectivity index (χ1v) is 5.71. The Morgan fingerprint density at radius 2 is 1.58 bits per heavy atom. The van der Waals surface area contributed by atoms with Crippen LogP contribution in [0, 0.1) is 0 Å². The van der Waals surface area contributed by atoms with Gasteiger partial charge in [-0.1, -0.05) is 18.2 Å². The summed E-state index contributed by atoms with van der Waals surface area (Å²) in [7, 11) is 0. The van der Waals surface area contributed by atoms with E-state index in [-0.39, 0.29) is 23.5 Å². The van der Waals surface area contributed by atoms with Crippen LogP contribution >= 0.6 is 0 Å². The van der Waals surface area contributed by atoms with Crippen molar-refractivity contribution >= 4 is 11.8 Å². The average Bonchev–Trinajstić information content (AvgIpc) is 2.39. The number of Topliss-reactive ketones (excluding diaryl/α,β-unsaturated/α-hetero) is 1. The molecule has 2 N–H and O–H groups in total. The summed E-state index contributed by atoms with van der Waals surface area (Å²) in [5.41, 5.74) is 1.06. The first kappa shape index (κ1) is 12.8. The third-order valence-electron chi connectivity index (χ3n) is 2.79. The van der Waals surface area contributed by atoms with Crippen molar-refractivity contribution in [3.63, 3.8) is 0 Å². The molecule has 0 radical (unpaired) electrons. The van der Waals surface area contributed by atoms with E-state index < -0.39 is 5.97 Å². The lowest BCUT2D eigenvalue weighted by molar-refractivity contribution is 0.0696. The first-order chi connectivity index (χ1) is 9.08. The van der Waals surface area contributed by atoms with E-state index in [0.717, 1.165) is 0 Å². The number of benzene rings is 2. The zero-order valence-corrected chi connectivity index (χ0v) is 10.0. The second-order valence-corrected chi connectivity index (χ2v) is 4.11. The third kappa shape index (κ3) is 2.98. The zero-order valence-electron chi connectivity index (χ0n) is 10.0. The fraction of sp³-hybridized carbons (Fsp3) is 0.0667. The summed E-state index contributed by atoms with van der Waals surface area (Å²) < 4.78 is 0. The number of hydrogen-bond donors (Lipinski definition) is 2. The predicted molar refractivity (Wildman–Crippen MR) is 69.5 cm³/mol. The van der Waals surface area contributed by atoms with Crippen LogP contribution in [-0.2, 0) is 6.42 Å². The number of carboxylic acid groups (broad SMARTS) is 1. The monoisotopic (exact) mass is 256 g/mol. The Kier molecular flexibility index (Phi) is 3.61. The van der Waals surface area contributed by atoms with Crippen LogP contribution in [0.3, 0.4) is 0 Å². The number of phenolic OH excluding ortho intramolecular Hbond substituents is 1. The lowest BCUT2D eigenvalue weighted by atomic mass is 9.99. The molecule has 0 unspecified atom stereocenters. The molecule has 0 saturated carbocycles. The summed E-state index contributed by atoms with van der Waals surface area (Å²) in [5.74, 6) is -1.15. The van der Waals surface area contributed by atoms with E-state index in [4.69, 9.17) is 10.2 Å². The van der Waals surface area contributed by atoms with E-state index >= 15 is 0 Å². The van der Waals surface area contributed by atoms with Crippen LogP contribution in [0.5, 0.6) is 5.75 Å². The molecule has 2 aromatic carbocycles. The van der Waals surface area contributed by atoms with Gasteiger partial charge < -0.3 is 10.2 Å². The Hall–Kier alpha value is -2.62. The average molecular weight is 256 g/mol. The van der Waals surface area contributed by atoms with Crippen LogP contribution in [0.15, 0.2) is 48.5 Å². The summed E-state index contributed by atoms with van der Waals surface area (Å²) in [6, 6.07) is 12.3. The highest BCUT2D eigenvalue weighted by Crippen LogP contribution is 2.15. The van der Waals surface area contributed by atoms with E-state index in [2.05, 4.69) is 0 Å². The second-order valence-electron chi connectivity index (χ2n) is 4.11. The van der Waals surface area contributed by atoms with Crippen molar-refractivity contribution in [1.82, 2.24) is 0 Å². The van der Waals surface area contributed by atoms with Gasteiger partial charge in [-0.15, -0.1) is 0 Å². The molecule has 0 spiro atoms. The molecule has 0 aliphatic heterocycles. The van der Waals surface area contributed by atoms with Crippen molar-refractivity contribution in [1.29, 1.82) is 0 Å². The lowest BCUT2D eigenvalue weighted by Crippen LogP contribution is -2.08.